The number of amides is 3. The Bertz CT molecular complexity index is 2440. The molecule has 6 fully saturated rings. The molecule has 5 atom stereocenters. The van der Waals surface area contributed by atoms with Gasteiger partial charge in [-0.1, -0.05) is 66.7 Å². The first-order chi connectivity index (χ1) is 29.8. The summed E-state index contributed by atoms with van der Waals surface area (Å²) in [6.07, 6.45) is 5.96. The summed E-state index contributed by atoms with van der Waals surface area (Å²) in [4.78, 5) is 48.8. The summed E-state index contributed by atoms with van der Waals surface area (Å²) >= 11 is 0. The van der Waals surface area contributed by atoms with Gasteiger partial charge in [-0.25, -0.2) is 0 Å². The molecule has 6 aliphatic rings. The van der Waals surface area contributed by atoms with Crippen molar-refractivity contribution in [2.75, 3.05) is 31.5 Å². The van der Waals surface area contributed by atoms with Crippen molar-refractivity contribution in [2.45, 2.75) is 82.1 Å². The minimum absolute atomic E-state index is 0.00507. The number of H-pyrrole nitrogens is 1. The maximum atomic E-state index is 14.0. The highest BCUT2D eigenvalue weighted by Gasteiger charge is 2.57. The normalized spacial score (nSPS) is 24.3. The number of nitrogens with two attached hydrogens (primary N) is 2. The van der Waals surface area contributed by atoms with E-state index in [1.165, 1.54) is 11.1 Å². The third kappa shape index (κ3) is 7.80. The molecule has 11 nitrogen and oxygen atoms in total. The second kappa shape index (κ2) is 16.9. The molecular formula is C49H55BN6O5. The number of hydrogen-bond donors (Lipinski definition) is 4. The van der Waals surface area contributed by atoms with Gasteiger partial charge in [0.2, 0.25) is 5.91 Å². The van der Waals surface area contributed by atoms with E-state index in [1.807, 2.05) is 58.3 Å². The molecule has 11 rings (SSSR count). The molecule has 0 radical (unpaired) electrons. The Balaban J connectivity index is 0.769. The average molecular weight is 819 g/mol. The van der Waals surface area contributed by atoms with Crippen molar-refractivity contribution in [3.8, 4) is 0 Å². The fraction of sp³-hybridized carbons (Fsp3) is 0.408. The molecule has 4 heterocycles. The zero-order valence-electron chi connectivity index (χ0n) is 34.6. The molecule has 1 aromatic heterocycles. The Morgan fingerprint density at radius 2 is 1.31 bits per heavy atom. The van der Waals surface area contributed by atoms with Crippen molar-refractivity contribution in [2.24, 2.45) is 29.2 Å². The van der Waals surface area contributed by atoms with Crippen LogP contribution in [0.2, 0.25) is 0 Å². The van der Waals surface area contributed by atoms with Crippen molar-refractivity contribution in [3.05, 3.63) is 131 Å². The van der Waals surface area contributed by atoms with Gasteiger partial charge in [0.25, 0.3) is 11.8 Å². The number of fused-ring (bicyclic) bond motifs is 3. The van der Waals surface area contributed by atoms with Crippen LogP contribution in [-0.2, 0) is 27.2 Å². The molecule has 4 aromatic carbocycles. The van der Waals surface area contributed by atoms with E-state index in [9.17, 15) is 14.4 Å². The number of anilines is 1. The molecule has 6 N–H and O–H groups in total. The highest BCUT2D eigenvalue weighted by atomic mass is 16.7. The summed E-state index contributed by atoms with van der Waals surface area (Å²) in [6.45, 7) is 3.82. The Kier molecular flexibility index (Phi) is 11.0. The molecule has 0 unspecified atom stereocenters. The number of carbonyl (C=O) groups is 3. The van der Waals surface area contributed by atoms with Crippen molar-refractivity contribution in [3.63, 3.8) is 0 Å². The third-order valence-electron chi connectivity index (χ3n) is 14.5. The second-order valence-corrected chi connectivity index (χ2v) is 18.0. The predicted octanol–water partition coefficient (Wildman–Crippen LogP) is 6.29. The lowest BCUT2D eigenvalue weighted by Gasteiger charge is -2.48. The number of carbonyl (C=O) groups excluding carboxylic acids is 3. The molecule has 0 spiro atoms. The molecule has 314 valence electrons. The van der Waals surface area contributed by atoms with Gasteiger partial charge in [0, 0.05) is 62.0 Å². The summed E-state index contributed by atoms with van der Waals surface area (Å²) in [5, 5.41) is 4.09. The molecule has 3 aliphatic carbocycles. The van der Waals surface area contributed by atoms with Crippen LogP contribution >= 0.6 is 0 Å². The Morgan fingerprint density at radius 1 is 0.689 bits per heavy atom. The number of rotatable bonds is 9. The number of likely N-dealkylation sites (tertiary alicyclic amines) is 2. The van der Waals surface area contributed by atoms with Gasteiger partial charge in [-0.3, -0.25) is 14.4 Å². The van der Waals surface area contributed by atoms with E-state index in [1.54, 1.807) is 0 Å². The maximum absolute atomic E-state index is 14.0. The lowest BCUT2D eigenvalue weighted by molar-refractivity contribution is -0.132. The van der Waals surface area contributed by atoms with Crippen LogP contribution in [0.1, 0.15) is 99.9 Å². The second-order valence-electron chi connectivity index (χ2n) is 18.0. The van der Waals surface area contributed by atoms with Gasteiger partial charge in [-0.15, -0.1) is 0 Å². The molecule has 3 amide bonds. The van der Waals surface area contributed by atoms with Crippen molar-refractivity contribution >= 4 is 46.9 Å². The molecule has 61 heavy (non-hydrogen) atoms. The van der Waals surface area contributed by atoms with Gasteiger partial charge in [0.15, 0.2) is 0 Å². The van der Waals surface area contributed by atoms with Crippen LogP contribution in [0, 0.1) is 17.8 Å². The third-order valence-corrected chi connectivity index (χ3v) is 14.5. The van der Waals surface area contributed by atoms with Crippen LogP contribution in [0.3, 0.4) is 0 Å². The highest BCUT2D eigenvalue weighted by Crippen LogP contribution is 2.50. The zero-order chi connectivity index (χ0) is 41.6. The predicted molar refractivity (Wildman–Crippen MR) is 237 cm³/mol. The van der Waals surface area contributed by atoms with Crippen LogP contribution in [0.15, 0.2) is 97.1 Å². The molecule has 12 heteroatoms. The monoisotopic (exact) mass is 818 g/mol. The number of hydrogen-bond acceptors (Lipinski definition) is 7. The fourth-order valence-electron chi connectivity index (χ4n) is 11.2. The Hall–Kier alpha value is -5.27. The average Bonchev–Trinajstić information content (AvgIpc) is 3.99. The standard InChI is InChI=1S/C49H55BN6O5/c51-28-30-5-1-7-34(23-30)32-15-19-55(20-16-32)48(58)37-9-3-10-38(25-37)53-47(57)40-26-36-13-14-39(40)46-45(36)60-50(61-46)42-11-4-12-43-41(42)27-44(54-43)49(59)56-21-17-33(18-22-56)35-8-2-6-31(24-35)29-52/h1-12,23-25,27,32-33,36,39-40,45-46,54H,13-22,26,28-29,51-52H2,(H,53,57)/t36-,39+,40-,45+,46-/m1/s1. The summed E-state index contributed by atoms with van der Waals surface area (Å²) in [6, 6.07) is 32.3. The Morgan fingerprint density at radius 3 is 1.98 bits per heavy atom. The summed E-state index contributed by atoms with van der Waals surface area (Å²) in [7, 11) is -0.591. The zero-order valence-corrected chi connectivity index (χ0v) is 34.6. The highest BCUT2D eigenvalue weighted by molar-refractivity contribution is 6.65. The number of nitrogens with zero attached hydrogens (tertiary/aromatic N) is 2. The van der Waals surface area contributed by atoms with Crippen molar-refractivity contribution < 1.29 is 23.7 Å². The smallest absolute Gasteiger partial charge is 0.402 e. The number of nitrogens with one attached hydrogen (secondary N) is 2. The van der Waals surface area contributed by atoms with E-state index in [0.29, 0.717) is 68.0 Å². The van der Waals surface area contributed by atoms with E-state index >= 15 is 0 Å². The van der Waals surface area contributed by atoms with Gasteiger partial charge in [0.05, 0.1) is 12.2 Å². The molecule has 2 bridgehead atoms. The summed E-state index contributed by atoms with van der Waals surface area (Å²) < 4.78 is 13.5. The summed E-state index contributed by atoms with van der Waals surface area (Å²) in [5.74, 6) is 0.783. The van der Waals surface area contributed by atoms with Crippen LogP contribution in [0.5, 0.6) is 0 Å². The first-order valence-electron chi connectivity index (χ1n) is 22.3. The van der Waals surface area contributed by atoms with Crippen molar-refractivity contribution in [1.82, 2.24) is 14.8 Å². The molecule has 5 aromatic rings. The maximum Gasteiger partial charge on any atom is 0.495 e. The molecule has 3 saturated carbocycles. The van der Waals surface area contributed by atoms with E-state index in [4.69, 9.17) is 20.8 Å². The van der Waals surface area contributed by atoms with Crippen LogP contribution < -0.4 is 22.2 Å². The van der Waals surface area contributed by atoms with Crippen LogP contribution in [0.25, 0.3) is 10.9 Å². The number of piperidine rings is 2. The lowest BCUT2D eigenvalue weighted by atomic mass is 9.61. The molecule has 3 aliphatic heterocycles. The van der Waals surface area contributed by atoms with E-state index in [0.717, 1.165) is 72.4 Å². The number of benzene rings is 4. The summed E-state index contributed by atoms with van der Waals surface area (Å²) in [5.41, 5.74) is 20.2. The molecule has 3 saturated heterocycles. The van der Waals surface area contributed by atoms with Gasteiger partial charge in [-0.05, 0) is 132 Å². The SMILES string of the molecule is NCc1cccc(C2CCN(C(=O)c3cccc(NC(=O)[C@@H]4C[C@H]5CC[C@@H]4[C@H]4OB(c6cccc7[nH]c(C(=O)N8CCC(c9cccc(CN)c9)CC8)cc67)O[C@@H]54)c3)CC2)c1. The van der Waals surface area contributed by atoms with Crippen LogP contribution in [0.4, 0.5) is 5.69 Å². The minimum atomic E-state index is -0.591. The lowest BCUT2D eigenvalue weighted by Crippen LogP contribution is -2.53. The fourth-order valence-corrected chi connectivity index (χ4v) is 11.2. The van der Waals surface area contributed by atoms with E-state index in [2.05, 4.69) is 58.8 Å². The van der Waals surface area contributed by atoms with Gasteiger partial charge in [-0.2, -0.15) is 0 Å². The van der Waals surface area contributed by atoms with Crippen LogP contribution in [-0.4, -0.2) is 78.0 Å². The topological polar surface area (TPSA) is 156 Å². The minimum Gasteiger partial charge on any atom is -0.402 e. The first-order valence-corrected chi connectivity index (χ1v) is 22.3. The van der Waals surface area contributed by atoms with Gasteiger partial charge < -0.3 is 40.9 Å². The van der Waals surface area contributed by atoms with Gasteiger partial charge in [0.1, 0.15) is 5.69 Å². The number of aromatic amines is 1. The Labute approximate surface area is 357 Å². The van der Waals surface area contributed by atoms with Gasteiger partial charge >= 0.3 is 7.12 Å². The number of aromatic nitrogens is 1. The van der Waals surface area contributed by atoms with E-state index in [-0.39, 0.29) is 47.7 Å². The van der Waals surface area contributed by atoms with Crippen molar-refractivity contribution in [1.29, 1.82) is 0 Å². The van der Waals surface area contributed by atoms with E-state index < -0.39 is 7.12 Å². The first kappa shape index (κ1) is 39.8. The molecular weight excluding hydrogens is 763 g/mol. The quantitative estimate of drug-likeness (QED) is 0.128. The largest absolute Gasteiger partial charge is 0.495 e.